The molecule has 0 saturated heterocycles. The fourth-order valence-electron chi connectivity index (χ4n) is 1.69. The monoisotopic (exact) mass is 250 g/mol. The van der Waals surface area contributed by atoms with Crippen LogP contribution in [-0.2, 0) is 5.41 Å². The molecule has 0 aliphatic heterocycles. The topological polar surface area (TPSA) is 59.1 Å². The highest BCUT2D eigenvalue weighted by atomic mass is 32.1. The normalized spacial score (nSPS) is 14.2. The van der Waals surface area contributed by atoms with E-state index in [1.54, 1.807) is 11.3 Å². The number of nitrogens with zero attached hydrogens (tertiary/aromatic N) is 1. The van der Waals surface area contributed by atoms with Crippen molar-refractivity contribution < 1.29 is 5.11 Å². The Bertz CT molecular complexity index is 528. The maximum absolute atomic E-state index is 9.88. The standard InChI is InChI=1S/C13H18N2OS/c1-13(2,3)12-15-11-8(9(16)7-14)5-4-6-10(11)17-12/h4-6,9,16H,7,14H2,1-3H3. The Labute approximate surface area is 105 Å². The molecule has 0 spiro atoms. The van der Waals surface area contributed by atoms with E-state index in [4.69, 9.17) is 5.73 Å². The van der Waals surface area contributed by atoms with Gasteiger partial charge in [-0.25, -0.2) is 4.98 Å². The quantitative estimate of drug-likeness (QED) is 0.861. The zero-order valence-electron chi connectivity index (χ0n) is 10.4. The van der Waals surface area contributed by atoms with E-state index in [9.17, 15) is 5.11 Å². The minimum absolute atomic E-state index is 0.0363. The average Bonchev–Trinajstić information content (AvgIpc) is 2.71. The summed E-state index contributed by atoms with van der Waals surface area (Å²) in [6.07, 6.45) is -0.631. The van der Waals surface area contributed by atoms with Crippen LogP contribution in [0.2, 0.25) is 0 Å². The number of aliphatic hydroxyl groups is 1. The second-order valence-electron chi connectivity index (χ2n) is 5.21. The second-order valence-corrected chi connectivity index (χ2v) is 6.25. The molecule has 0 fully saturated rings. The highest BCUT2D eigenvalue weighted by Gasteiger charge is 2.20. The Balaban J connectivity index is 2.61. The highest BCUT2D eigenvalue weighted by Crippen LogP contribution is 2.33. The maximum atomic E-state index is 9.88. The molecule has 1 atom stereocenters. The van der Waals surface area contributed by atoms with Gasteiger partial charge in [0.1, 0.15) is 0 Å². The molecule has 2 aromatic rings. The minimum atomic E-state index is -0.631. The molecule has 1 aromatic heterocycles. The maximum Gasteiger partial charge on any atom is 0.0992 e. The van der Waals surface area contributed by atoms with Gasteiger partial charge in [-0.05, 0) is 6.07 Å². The Morgan fingerprint density at radius 1 is 1.41 bits per heavy atom. The van der Waals surface area contributed by atoms with Crippen LogP contribution in [0.25, 0.3) is 10.2 Å². The molecule has 2 rings (SSSR count). The van der Waals surface area contributed by atoms with Gasteiger partial charge < -0.3 is 10.8 Å². The van der Waals surface area contributed by atoms with Crippen molar-refractivity contribution in [2.45, 2.75) is 32.3 Å². The molecule has 92 valence electrons. The van der Waals surface area contributed by atoms with E-state index in [0.717, 1.165) is 20.8 Å². The van der Waals surface area contributed by atoms with Gasteiger partial charge in [-0.2, -0.15) is 0 Å². The van der Waals surface area contributed by atoms with Gasteiger partial charge in [0.25, 0.3) is 0 Å². The van der Waals surface area contributed by atoms with Gasteiger partial charge in [0.05, 0.1) is 21.3 Å². The third kappa shape index (κ3) is 2.34. The fraction of sp³-hybridized carbons (Fsp3) is 0.462. The van der Waals surface area contributed by atoms with Crippen LogP contribution in [-0.4, -0.2) is 16.6 Å². The molecule has 3 nitrogen and oxygen atoms in total. The molecule has 4 heteroatoms. The number of rotatable bonds is 2. The molecule has 17 heavy (non-hydrogen) atoms. The summed E-state index contributed by atoms with van der Waals surface area (Å²) in [6, 6.07) is 5.88. The molecule has 3 N–H and O–H groups in total. The van der Waals surface area contributed by atoms with Crippen molar-refractivity contribution in [1.29, 1.82) is 0 Å². The number of aliphatic hydroxyl groups excluding tert-OH is 1. The van der Waals surface area contributed by atoms with Crippen molar-refractivity contribution in [2.24, 2.45) is 5.73 Å². The van der Waals surface area contributed by atoms with E-state index in [0.29, 0.717) is 0 Å². The lowest BCUT2D eigenvalue weighted by Gasteiger charge is -2.13. The van der Waals surface area contributed by atoms with E-state index in [1.165, 1.54) is 0 Å². The summed E-state index contributed by atoms with van der Waals surface area (Å²) in [5.74, 6) is 0. The van der Waals surface area contributed by atoms with Crippen molar-refractivity contribution in [2.75, 3.05) is 6.54 Å². The zero-order chi connectivity index (χ0) is 12.6. The summed E-state index contributed by atoms with van der Waals surface area (Å²) in [5.41, 5.74) is 7.27. The summed E-state index contributed by atoms with van der Waals surface area (Å²) >= 11 is 1.68. The molecular formula is C13H18N2OS. The number of hydrogen-bond donors (Lipinski definition) is 2. The lowest BCUT2D eigenvalue weighted by atomic mass is 9.98. The molecule has 0 amide bonds. The largest absolute Gasteiger partial charge is 0.387 e. The summed E-state index contributed by atoms with van der Waals surface area (Å²) < 4.78 is 1.11. The first kappa shape index (κ1) is 12.5. The Morgan fingerprint density at radius 2 is 2.12 bits per heavy atom. The van der Waals surface area contributed by atoms with Crippen LogP contribution >= 0.6 is 11.3 Å². The van der Waals surface area contributed by atoms with E-state index in [2.05, 4.69) is 25.8 Å². The Hall–Kier alpha value is -0.970. The van der Waals surface area contributed by atoms with Crippen molar-refractivity contribution in [3.05, 3.63) is 28.8 Å². The summed E-state index contributed by atoms with van der Waals surface area (Å²) in [5, 5.41) is 11.0. The predicted molar refractivity (Wildman–Crippen MR) is 72.3 cm³/mol. The van der Waals surface area contributed by atoms with Crippen LogP contribution in [0.4, 0.5) is 0 Å². The van der Waals surface area contributed by atoms with Gasteiger partial charge in [-0.15, -0.1) is 11.3 Å². The second kappa shape index (κ2) is 4.37. The van der Waals surface area contributed by atoms with Gasteiger partial charge in [-0.3, -0.25) is 0 Å². The number of hydrogen-bond acceptors (Lipinski definition) is 4. The van der Waals surface area contributed by atoms with E-state index in [1.807, 2.05) is 18.2 Å². The van der Waals surface area contributed by atoms with E-state index < -0.39 is 6.10 Å². The van der Waals surface area contributed by atoms with Crippen molar-refractivity contribution in [3.63, 3.8) is 0 Å². The van der Waals surface area contributed by atoms with Crippen molar-refractivity contribution in [1.82, 2.24) is 4.98 Å². The average molecular weight is 250 g/mol. The molecule has 1 heterocycles. The first-order valence-corrected chi connectivity index (χ1v) is 6.53. The first-order chi connectivity index (χ1) is 7.93. The fourth-order valence-corrected chi connectivity index (χ4v) is 2.74. The molecule has 0 radical (unpaired) electrons. The van der Waals surface area contributed by atoms with Crippen LogP contribution < -0.4 is 5.73 Å². The lowest BCUT2D eigenvalue weighted by Crippen LogP contribution is -2.12. The molecule has 0 aliphatic carbocycles. The zero-order valence-corrected chi connectivity index (χ0v) is 11.2. The molecule has 0 saturated carbocycles. The molecule has 0 aliphatic rings. The lowest BCUT2D eigenvalue weighted by molar-refractivity contribution is 0.188. The van der Waals surface area contributed by atoms with Gasteiger partial charge >= 0.3 is 0 Å². The molecule has 1 aromatic carbocycles. The van der Waals surface area contributed by atoms with Crippen LogP contribution in [0.1, 0.15) is 37.4 Å². The van der Waals surface area contributed by atoms with Gasteiger partial charge in [0.15, 0.2) is 0 Å². The number of nitrogens with two attached hydrogens (primary N) is 1. The highest BCUT2D eigenvalue weighted by molar-refractivity contribution is 7.18. The van der Waals surface area contributed by atoms with E-state index >= 15 is 0 Å². The summed E-state index contributed by atoms with van der Waals surface area (Å²) in [6.45, 7) is 6.65. The van der Waals surface area contributed by atoms with Crippen LogP contribution in [0.5, 0.6) is 0 Å². The Morgan fingerprint density at radius 3 is 2.71 bits per heavy atom. The number of fused-ring (bicyclic) bond motifs is 1. The smallest absolute Gasteiger partial charge is 0.0992 e. The first-order valence-electron chi connectivity index (χ1n) is 5.71. The molecule has 0 bridgehead atoms. The van der Waals surface area contributed by atoms with Gasteiger partial charge in [0.2, 0.25) is 0 Å². The van der Waals surface area contributed by atoms with Crippen LogP contribution in [0.15, 0.2) is 18.2 Å². The third-order valence-electron chi connectivity index (χ3n) is 2.67. The van der Waals surface area contributed by atoms with Crippen LogP contribution in [0.3, 0.4) is 0 Å². The summed E-state index contributed by atoms with van der Waals surface area (Å²) in [4.78, 5) is 4.66. The molecule has 1 unspecified atom stereocenters. The Kier molecular flexibility index (Phi) is 3.21. The number of para-hydroxylation sites is 1. The van der Waals surface area contributed by atoms with Crippen molar-refractivity contribution >= 4 is 21.6 Å². The van der Waals surface area contributed by atoms with Gasteiger partial charge in [-0.1, -0.05) is 32.9 Å². The minimum Gasteiger partial charge on any atom is -0.387 e. The number of thiazole rings is 1. The summed E-state index contributed by atoms with van der Waals surface area (Å²) in [7, 11) is 0. The number of benzene rings is 1. The molecular weight excluding hydrogens is 232 g/mol. The van der Waals surface area contributed by atoms with Crippen molar-refractivity contribution in [3.8, 4) is 0 Å². The number of aromatic nitrogens is 1. The SMILES string of the molecule is CC(C)(C)c1nc2c(C(O)CN)cccc2s1. The third-order valence-corrected chi connectivity index (χ3v) is 4.12. The predicted octanol–water partition coefficient (Wildman–Crippen LogP) is 2.59. The van der Waals surface area contributed by atoms with Crippen LogP contribution in [0, 0.1) is 0 Å². The van der Waals surface area contributed by atoms with E-state index in [-0.39, 0.29) is 12.0 Å². The van der Waals surface area contributed by atoms with Gasteiger partial charge in [0, 0.05) is 17.5 Å².